The summed E-state index contributed by atoms with van der Waals surface area (Å²) in [7, 11) is -0.612. The molecule has 0 radical (unpaired) electrons. The minimum Gasteiger partial charge on any atom is -0.382 e. The van der Waals surface area contributed by atoms with Crippen LogP contribution in [-0.2, 0) is 11.1 Å². The van der Waals surface area contributed by atoms with Gasteiger partial charge in [-0.3, -0.25) is 4.57 Å². The highest BCUT2D eigenvalue weighted by molar-refractivity contribution is 7.70. The Labute approximate surface area is 174 Å². The highest BCUT2D eigenvalue weighted by Crippen LogP contribution is 2.38. The summed E-state index contributed by atoms with van der Waals surface area (Å²) < 4.78 is 14.3. The Morgan fingerprint density at radius 2 is 1.93 bits per heavy atom. The van der Waals surface area contributed by atoms with E-state index in [1.54, 1.807) is 12.9 Å². The van der Waals surface area contributed by atoms with Crippen LogP contribution in [0.25, 0.3) is 11.2 Å². The number of H-pyrrole nitrogens is 1. The number of nitrogens with zero attached hydrogens (tertiary/aromatic N) is 6. The SMILES string of the molecule is CC[P@@](C)(=O)c1nc(N)c2[nH]c(=O)n(Cc3ccc(N4CCN(C)CC4)nc3)c2n1. The number of aromatic nitrogens is 5. The molecule has 0 aliphatic carbocycles. The molecule has 160 valence electrons. The number of hydrogen-bond acceptors (Lipinski definition) is 8. The average molecular weight is 430 g/mol. The number of pyridine rings is 1. The van der Waals surface area contributed by atoms with Crippen molar-refractivity contribution in [3.05, 3.63) is 34.4 Å². The van der Waals surface area contributed by atoms with Crippen LogP contribution >= 0.6 is 7.14 Å². The topological polar surface area (TPSA) is 126 Å². The van der Waals surface area contributed by atoms with Crippen LogP contribution in [0.2, 0.25) is 0 Å². The third kappa shape index (κ3) is 3.85. The van der Waals surface area contributed by atoms with Crippen molar-refractivity contribution in [1.29, 1.82) is 0 Å². The molecule has 4 heterocycles. The Hall–Kier alpha value is -2.71. The molecule has 3 aromatic heterocycles. The summed E-state index contributed by atoms with van der Waals surface area (Å²) in [5, 5.41) is 0. The summed E-state index contributed by atoms with van der Waals surface area (Å²) in [4.78, 5) is 33.0. The number of nitrogens with two attached hydrogens (primary N) is 1. The number of anilines is 2. The third-order valence-electron chi connectivity index (χ3n) is 5.64. The van der Waals surface area contributed by atoms with Gasteiger partial charge in [-0.2, -0.15) is 0 Å². The molecule has 0 bridgehead atoms. The highest BCUT2D eigenvalue weighted by atomic mass is 31.2. The molecular formula is C19H27N8O2P. The number of hydrogen-bond donors (Lipinski definition) is 2. The van der Waals surface area contributed by atoms with Crippen LogP contribution in [-0.4, -0.2) is 75.5 Å². The van der Waals surface area contributed by atoms with E-state index in [1.807, 2.05) is 19.1 Å². The molecule has 0 unspecified atom stereocenters. The zero-order valence-corrected chi connectivity index (χ0v) is 18.4. The number of nitrogens with one attached hydrogen (secondary N) is 1. The fraction of sp³-hybridized carbons (Fsp3) is 0.474. The molecule has 0 saturated carbocycles. The summed E-state index contributed by atoms with van der Waals surface area (Å²) in [5.74, 6) is 1.06. The molecule has 1 aliphatic rings. The van der Waals surface area contributed by atoms with Gasteiger partial charge in [-0.05, 0) is 25.3 Å². The number of likely N-dealkylation sites (N-methyl/N-ethyl adjacent to an activating group) is 1. The Morgan fingerprint density at radius 1 is 1.20 bits per heavy atom. The van der Waals surface area contributed by atoms with E-state index < -0.39 is 7.14 Å². The summed E-state index contributed by atoms with van der Waals surface area (Å²) in [6.07, 6.45) is 2.20. The molecule has 1 atom stereocenters. The van der Waals surface area contributed by atoms with E-state index in [4.69, 9.17) is 5.73 Å². The maximum Gasteiger partial charge on any atom is 0.328 e. The van der Waals surface area contributed by atoms with Gasteiger partial charge in [0.1, 0.15) is 18.5 Å². The molecule has 1 aliphatic heterocycles. The molecule has 0 spiro atoms. The second kappa shape index (κ2) is 7.85. The molecule has 10 nitrogen and oxygen atoms in total. The molecule has 0 aromatic carbocycles. The molecule has 30 heavy (non-hydrogen) atoms. The third-order valence-corrected chi connectivity index (χ3v) is 7.90. The molecule has 1 fully saturated rings. The zero-order chi connectivity index (χ0) is 21.5. The van der Waals surface area contributed by atoms with Crippen molar-refractivity contribution in [3.63, 3.8) is 0 Å². The first-order chi connectivity index (χ1) is 14.3. The zero-order valence-electron chi connectivity index (χ0n) is 17.5. The molecule has 11 heteroatoms. The summed E-state index contributed by atoms with van der Waals surface area (Å²) in [6.45, 7) is 7.64. The van der Waals surface area contributed by atoms with Gasteiger partial charge < -0.3 is 25.1 Å². The minimum atomic E-state index is -2.73. The van der Waals surface area contributed by atoms with Gasteiger partial charge in [0.05, 0.1) is 6.54 Å². The standard InChI is InChI=1S/C19H27N8O2P/c1-4-30(3,29)18-23-16(20)15-17(24-18)27(19(28)22-15)12-13-5-6-14(21-11-13)26-9-7-25(2)8-10-26/h5-6,11H,4,7-10,12H2,1-3H3,(H,22,28)(H2,20,23,24)/t30-/m1/s1. The number of aromatic amines is 1. The van der Waals surface area contributed by atoms with Crippen LogP contribution < -0.4 is 21.9 Å². The van der Waals surface area contributed by atoms with Crippen molar-refractivity contribution in [2.75, 3.05) is 56.7 Å². The maximum absolute atomic E-state index is 12.8. The van der Waals surface area contributed by atoms with E-state index in [9.17, 15) is 9.36 Å². The second-order valence-electron chi connectivity index (χ2n) is 7.86. The Morgan fingerprint density at radius 3 is 2.57 bits per heavy atom. The fourth-order valence-electron chi connectivity index (χ4n) is 3.45. The van der Waals surface area contributed by atoms with Gasteiger partial charge in [-0.25, -0.2) is 19.7 Å². The lowest BCUT2D eigenvalue weighted by Crippen LogP contribution is -2.44. The van der Waals surface area contributed by atoms with Crippen LogP contribution in [0.1, 0.15) is 12.5 Å². The molecule has 1 saturated heterocycles. The van der Waals surface area contributed by atoms with E-state index in [2.05, 4.69) is 36.8 Å². The van der Waals surface area contributed by atoms with Gasteiger partial charge >= 0.3 is 5.69 Å². The van der Waals surface area contributed by atoms with Gasteiger partial charge in [0, 0.05) is 38.5 Å². The van der Waals surface area contributed by atoms with E-state index in [1.165, 1.54) is 4.57 Å². The predicted octanol–water partition coefficient (Wildman–Crippen LogP) is 0.535. The van der Waals surface area contributed by atoms with Crippen molar-refractivity contribution >= 4 is 35.5 Å². The molecular weight excluding hydrogens is 403 g/mol. The van der Waals surface area contributed by atoms with Crippen molar-refractivity contribution in [1.82, 2.24) is 29.4 Å². The second-order valence-corrected chi connectivity index (χ2v) is 11.1. The Bertz CT molecular complexity index is 1160. The largest absolute Gasteiger partial charge is 0.382 e. The fourth-order valence-corrected chi connectivity index (χ4v) is 4.36. The first kappa shape index (κ1) is 20.6. The van der Waals surface area contributed by atoms with Gasteiger partial charge in [-0.1, -0.05) is 13.0 Å². The van der Waals surface area contributed by atoms with E-state index in [0.717, 1.165) is 37.6 Å². The minimum absolute atomic E-state index is 0.130. The smallest absolute Gasteiger partial charge is 0.328 e. The first-order valence-corrected chi connectivity index (χ1v) is 12.3. The van der Waals surface area contributed by atoms with Gasteiger partial charge in [-0.15, -0.1) is 0 Å². The van der Waals surface area contributed by atoms with Crippen molar-refractivity contribution in [2.24, 2.45) is 0 Å². The van der Waals surface area contributed by atoms with Crippen molar-refractivity contribution in [2.45, 2.75) is 13.5 Å². The van der Waals surface area contributed by atoms with Crippen LogP contribution in [0.4, 0.5) is 11.6 Å². The van der Waals surface area contributed by atoms with Crippen LogP contribution in [0.15, 0.2) is 23.1 Å². The number of rotatable bonds is 5. The number of fused-ring (bicyclic) bond motifs is 1. The quantitative estimate of drug-likeness (QED) is 0.562. The number of piperazine rings is 1. The van der Waals surface area contributed by atoms with Gasteiger partial charge in [0.15, 0.2) is 17.0 Å². The first-order valence-electron chi connectivity index (χ1n) is 10.00. The van der Waals surface area contributed by atoms with E-state index in [-0.39, 0.29) is 23.6 Å². The lowest BCUT2D eigenvalue weighted by atomic mass is 10.2. The number of nitrogen functional groups attached to an aromatic ring is 1. The Kier molecular flexibility index (Phi) is 5.38. The van der Waals surface area contributed by atoms with E-state index >= 15 is 0 Å². The lowest BCUT2D eigenvalue weighted by molar-refractivity contribution is 0.312. The van der Waals surface area contributed by atoms with Crippen LogP contribution in [0, 0.1) is 0 Å². The lowest BCUT2D eigenvalue weighted by Gasteiger charge is -2.33. The van der Waals surface area contributed by atoms with Gasteiger partial charge in [0.25, 0.3) is 0 Å². The molecule has 3 aromatic rings. The normalized spacial score (nSPS) is 17.4. The molecule has 3 N–H and O–H groups in total. The predicted molar refractivity (Wildman–Crippen MR) is 119 cm³/mol. The summed E-state index contributed by atoms with van der Waals surface area (Å²) >= 11 is 0. The van der Waals surface area contributed by atoms with Gasteiger partial charge in [0.2, 0.25) is 0 Å². The van der Waals surface area contributed by atoms with Crippen molar-refractivity contribution in [3.8, 4) is 0 Å². The van der Waals surface area contributed by atoms with Crippen LogP contribution in [0.5, 0.6) is 0 Å². The highest BCUT2D eigenvalue weighted by Gasteiger charge is 2.23. The summed E-state index contributed by atoms with van der Waals surface area (Å²) in [6, 6.07) is 3.95. The monoisotopic (exact) mass is 430 g/mol. The maximum atomic E-state index is 12.8. The number of imidazole rings is 1. The average Bonchev–Trinajstić information content (AvgIpc) is 3.05. The Balaban J connectivity index is 1.64. The van der Waals surface area contributed by atoms with E-state index in [0.29, 0.717) is 17.3 Å². The molecule has 4 rings (SSSR count). The molecule has 0 amide bonds. The van der Waals surface area contributed by atoms with Crippen molar-refractivity contribution < 1.29 is 4.57 Å². The van der Waals surface area contributed by atoms with Crippen LogP contribution in [0.3, 0.4) is 0 Å². The summed E-state index contributed by atoms with van der Waals surface area (Å²) in [5.41, 5.74) is 7.47.